The Balaban J connectivity index is 1.73. The van der Waals surface area contributed by atoms with Crippen LogP contribution in [0, 0.1) is 10.1 Å². The number of nitrogens with one attached hydrogen (secondary N) is 1. The second kappa shape index (κ2) is 7.95. The Labute approximate surface area is 154 Å². The molecule has 3 rings (SSSR count). The lowest BCUT2D eigenvalue weighted by atomic mass is 10.1. The van der Waals surface area contributed by atoms with Gasteiger partial charge in [-0.1, -0.05) is 11.6 Å². The number of thiophene rings is 1. The number of rotatable bonds is 6. The number of benzene rings is 1. The standard InChI is InChI=1S/C17H18ClN3O3S/c18-15-4-3-13(21(23)24)9-14(15)17(22)19-10-16(12-5-8-25-11-12)20-6-1-2-7-20/h3-5,8-9,11,16H,1-2,6-7,10H2,(H,19,22). The highest BCUT2D eigenvalue weighted by Crippen LogP contribution is 2.27. The van der Waals surface area contributed by atoms with Crippen LogP contribution in [0.25, 0.3) is 0 Å². The fourth-order valence-corrected chi connectivity index (χ4v) is 3.97. The first-order chi connectivity index (χ1) is 12.1. The summed E-state index contributed by atoms with van der Waals surface area (Å²) in [5, 5.41) is 18.1. The molecule has 25 heavy (non-hydrogen) atoms. The Morgan fingerprint density at radius 1 is 1.36 bits per heavy atom. The van der Waals surface area contributed by atoms with Crippen molar-refractivity contribution in [3.05, 3.63) is 61.3 Å². The highest BCUT2D eigenvalue weighted by Gasteiger charge is 2.25. The van der Waals surface area contributed by atoms with Gasteiger partial charge in [-0.25, -0.2) is 0 Å². The summed E-state index contributed by atoms with van der Waals surface area (Å²) in [5.41, 5.74) is 1.15. The molecule has 132 valence electrons. The van der Waals surface area contributed by atoms with Crippen LogP contribution in [0.3, 0.4) is 0 Å². The lowest BCUT2D eigenvalue weighted by Crippen LogP contribution is -2.36. The molecule has 2 heterocycles. The van der Waals surface area contributed by atoms with Crippen LogP contribution in [0.4, 0.5) is 5.69 Å². The van der Waals surface area contributed by atoms with Crippen LogP contribution in [-0.2, 0) is 0 Å². The summed E-state index contributed by atoms with van der Waals surface area (Å²) in [6, 6.07) is 6.06. The summed E-state index contributed by atoms with van der Waals surface area (Å²) in [7, 11) is 0. The predicted molar refractivity (Wildman–Crippen MR) is 98.3 cm³/mol. The summed E-state index contributed by atoms with van der Waals surface area (Å²) < 4.78 is 0. The van der Waals surface area contributed by atoms with Crippen LogP contribution in [-0.4, -0.2) is 35.4 Å². The molecular weight excluding hydrogens is 362 g/mol. The van der Waals surface area contributed by atoms with Gasteiger partial charge in [-0.15, -0.1) is 0 Å². The van der Waals surface area contributed by atoms with Crippen LogP contribution in [0.2, 0.25) is 5.02 Å². The van der Waals surface area contributed by atoms with Crippen molar-refractivity contribution in [1.82, 2.24) is 10.2 Å². The van der Waals surface area contributed by atoms with Crippen molar-refractivity contribution in [2.45, 2.75) is 18.9 Å². The molecule has 1 aliphatic heterocycles. The summed E-state index contributed by atoms with van der Waals surface area (Å²) in [4.78, 5) is 25.2. The molecule has 1 unspecified atom stereocenters. The van der Waals surface area contributed by atoms with Gasteiger partial charge in [0, 0.05) is 18.7 Å². The van der Waals surface area contributed by atoms with Crippen molar-refractivity contribution in [2.24, 2.45) is 0 Å². The minimum atomic E-state index is -0.536. The molecule has 8 heteroatoms. The fraction of sp³-hybridized carbons (Fsp3) is 0.353. The summed E-state index contributed by atoms with van der Waals surface area (Å²) in [6.45, 7) is 2.45. The van der Waals surface area contributed by atoms with Gasteiger partial charge < -0.3 is 5.32 Å². The number of non-ortho nitro benzene ring substituents is 1. The molecule has 1 atom stereocenters. The van der Waals surface area contributed by atoms with Crippen molar-refractivity contribution in [3.63, 3.8) is 0 Å². The molecule has 0 saturated carbocycles. The van der Waals surface area contributed by atoms with Gasteiger partial charge in [-0.2, -0.15) is 11.3 Å². The molecule has 1 N–H and O–H groups in total. The second-order valence-corrected chi connectivity index (χ2v) is 7.13. The Kier molecular flexibility index (Phi) is 5.67. The average Bonchev–Trinajstić information content (AvgIpc) is 3.29. The van der Waals surface area contributed by atoms with Crippen LogP contribution in [0.15, 0.2) is 35.0 Å². The number of nitro groups is 1. The SMILES string of the molecule is O=C(NCC(c1ccsc1)N1CCCC1)c1cc([N+](=O)[O-])ccc1Cl. The monoisotopic (exact) mass is 379 g/mol. The molecule has 1 aromatic heterocycles. The predicted octanol–water partition coefficient (Wildman–Crippen LogP) is 3.88. The topological polar surface area (TPSA) is 75.5 Å². The second-order valence-electron chi connectivity index (χ2n) is 5.95. The van der Waals surface area contributed by atoms with E-state index in [0.717, 1.165) is 25.9 Å². The summed E-state index contributed by atoms with van der Waals surface area (Å²) >= 11 is 7.68. The number of hydrogen-bond donors (Lipinski definition) is 1. The van der Waals surface area contributed by atoms with Crippen LogP contribution in [0.1, 0.15) is 34.8 Å². The van der Waals surface area contributed by atoms with Gasteiger partial charge in [-0.05, 0) is 54.4 Å². The molecule has 1 fully saturated rings. The number of nitrogens with zero attached hydrogens (tertiary/aromatic N) is 2. The maximum atomic E-state index is 12.5. The first-order valence-corrected chi connectivity index (χ1v) is 9.36. The molecule has 0 aliphatic carbocycles. The molecule has 1 saturated heterocycles. The Hall–Kier alpha value is -1.96. The van der Waals surface area contributed by atoms with Gasteiger partial charge in [0.2, 0.25) is 0 Å². The normalized spacial score (nSPS) is 15.9. The van der Waals surface area contributed by atoms with Gasteiger partial charge in [0.05, 0.1) is 21.6 Å². The smallest absolute Gasteiger partial charge is 0.270 e. The van der Waals surface area contributed by atoms with Gasteiger partial charge in [-0.3, -0.25) is 19.8 Å². The molecule has 0 spiro atoms. The zero-order valence-electron chi connectivity index (χ0n) is 13.5. The maximum absolute atomic E-state index is 12.5. The molecule has 0 bridgehead atoms. The van der Waals surface area contributed by atoms with Crippen LogP contribution < -0.4 is 5.32 Å². The molecule has 0 radical (unpaired) electrons. The first-order valence-electron chi connectivity index (χ1n) is 8.04. The van der Waals surface area contributed by atoms with E-state index in [4.69, 9.17) is 11.6 Å². The van der Waals surface area contributed by atoms with E-state index in [1.807, 2.05) is 5.38 Å². The summed E-state index contributed by atoms with van der Waals surface area (Å²) in [5.74, 6) is -0.395. The summed E-state index contributed by atoms with van der Waals surface area (Å²) in [6.07, 6.45) is 2.32. The molecule has 1 aromatic carbocycles. The van der Waals surface area contributed by atoms with Gasteiger partial charge in [0.1, 0.15) is 0 Å². The third-order valence-corrected chi connectivity index (χ3v) is 5.40. The number of carbonyl (C=O) groups is 1. The van der Waals surface area contributed by atoms with E-state index in [9.17, 15) is 14.9 Å². The van der Waals surface area contributed by atoms with E-state index in [0.29, 0.717) is 6.54 Å². The van der Waals surface area contributed by atoms with Crippen molar-refractivity contribution in [3.8, 4) is 0 Å². The van der Waals surface area contributed by atoms with Gasteiger partial charge in [0.15, 0.2) is 0 Å². The Morgan fingerprint density at radius 2 is 2.12 bits per heavy atom. The number of halogens is 1. The van der Waals surface area contributed by atoms with Crippen LogP contribution >= 0.6 is 22.9 Å². The molecule has 1 amide bonds. The zero-order chi connectivity index (χ0) is 17.8. The van der Waals surface area contributed by atoms with E-state index < -0.39 is 10.8 Å². The van der Waals surface area contributed by atoms with E-state index in [-0.39, 0.29) is 22.3 Å². The fourth-order valence-electron chi connectivity index (χ4n) is 3.06. The van der Waals surface area contributed by atoms with E-state index >= 15 is 0 Å². The van der Waals surface area contributed by atoms with Crippen molar-refractivity contribution >= 4 is 34.5 Å². The average molecular weight is 380 g/mol. The van der Waals surface area contributed by atoms with Crippen molar-refractivity contribution < 1.29 is 9.72 Å². The number of hydrogen-bond acceptors (Lipinski definition) is 5. The Morgan fingerprint density at radius 3 is 2.76 bits per heavy atom. The highest BCUT2D eigenvalue weighted by atomic mass is 35.5. The van der Waals surface area contributed by atoms with Crippen molar-refractivity contribution in [1.29, 1.82) is 0 Å². The number of carbonyl (C=O) groups excluding carboxylic acids is 1. The van der Waals surface area contributed by atoms with Crippen LogP contribution in [0.5, 0.6) is 0 Å². The minimum Gasteiger partial charge on any atom is -0.350 e. The molecular formula is C17H18ClN3O3S. The zero-order valence-corrected chi connectivity index (χ0v) is 15.1. The third-order valence-electron chi connectivity index (χ3n) is 4.37. The molecule has 1 aliphatic rings. The minimum absolute atomic E-state index is 0.107. The molecule has 6 nitrogen and oxygen atoms in total. The maximum Gasteiger partial charge on any atom is 0.270 e. The van der Waals surface area contributed by atoms with E-state index in [1.54, 1.807) is 11.3 Å². The van der Waals surface area contributed by atoms with Gasteiger partial charge >= 0.3 is 0 Å². The van der Waals surface area contributed by atoms with E-state index in [1.165, 1.54) is 23.8 Å². The number of nitro benzene ring substituents is 1. The Bertz CT molecular complexity index is 761. The van der Waals surface area contributed by atoms with E-state index in [2.05, 4.69) is 21.7 Å². The first kappa shape index (κ1) is 17.8. The molecule has 2 aromatic rings. The van der Waals surface area contributed by atoms with Crippen molar-refractivity contribution in [2.75, 3.05) is 19.6 Å². The quantitative estimate of drug-likeness (QED) is 0.610. The highest BCUT2D eigenvalue weighted by molar-refractivity contribution is 7.07. The number of likely N-dealkylation sites (tertiary alicyclic amines) is 1. The van der Waals surface area contributed by atoms with Gasteiger partial charge in [0.25, 0.3) is 11.6 Å². The third kappa shape index (κ3) is 4.18. The number of amides is 1. The lowest BCUT2D eigenvalue weighted by molar-refractivity contribution is -0.384. The lowest BCUT2D eigenvalue weighted by Gasteiger charge is -2.27. The largest absolute Gasteiger partial charge is 0.350 e.